The topological polar surface area (TPSA) is 21.3 Å². The third kappa shape index (κ3) is 4.62. The number of benzene rings is 1. The largest absolute Gasteiger partial charge is 0.377 e. The van der Waals surface area contributed by atoms with Crippen molar-refractivity contribution >= 4 is 11.6 Å². The quantitative estimate of drug-likeness (QED) is 0.848. The van der Waals surface area contributed by atoms with Crippen LogP contribution in [0.2, 0.25) is 5.02 Å². The predicted molar refractivity (Wildman–Crippen MR) is 69.0 cm³/mol. The van der Waals surface area contributed by atoms with E-state index in [1.54, 1.807) is 6.07 Å². The van der Waals surface area contributed by atoms with Crippen molar-refractivity contribution < 1.29 is 9.13 Å². The summed E-state index contributed by atoms with van der Waals surface area (Å²) in [5, 5.41) is 3.35. The highest BCUT2D eigenvalue weighted by Crippen LogP contribution is 2.21. The molecule has 1 aromatic rings. The van der Waals surface area contributed by atoms with Crippen molar-refractivity contribution in [1.82, 2.24) is 5.32 Å². The van der Waals surface area contributed by atoms with Crippen LogP contribution in [0.15, 0.2) is 18.2 Å². The van der Waals surface area contributed by atoms with Gasteiger partial charge in [-0.1, -0.05) is 23.7 Å². The fourth-order valence-corrected chi connectivity index (χ4v) is 1.73. The second kappa shape index (κ2) is 6.94. The van der Waals surface area contributed by atoms with Crippen LogP contribution in [0.1, 0.15) is 19.4 Å². The van der Waals surface area contributed by atoms with Gasteiger partial charge in [0.05, 0.1) is 17.7 Å². The van der Waals surface area contributed by atoms with E-state index in [9.17, 15) is 4.39 Å². The van der Waals surface area contributed by atoms with Crippen molar-refractivity contribution in [2.24, 2.45) is 0 Å². The molecule has 0 bridgehead atoms. The molecule has 0 heterocycles. The van der Waals surface area contributed by atoms with E-state index >= 15 is 0 Å². The van der Waals surface area contributed by atoms with E-state index in [1.165, 1.54) is 6.07 Å². The highest BCUT2D eigenvalue weighted by atomic mass is 35.5. The molecule has 0 amide bonds. The second-order valence-corrected chi connectivity index (χ2v) is 4.66. The van der Waals surface area contributed by atoms with Crippen molar-refractivity contribution in [3.05, 3.63) is 34.6 Å². The van der Waals surface area contributed by atoms with Gasteiger partial charge in [-0.05, 0) is 38.9 Å². The Bertz CT molecular complexity index is 357. The van der Waals surface area contributed by atoms with E-state index in [2.05, 4.69) is 5.32 Å². The third-order valence-electron chi connectivity index (χ3n) is 2.54. The average Bonchev–Trinajstić information content (AvgIpc) is 2.29. The van der Waals surface area contributed by atoms with Gasteiger partial charge in [0.2, 0.25) is 0 Å². The first-order chi connectivity index (χ1) is 8.04. The van der Waals surface area contributed by atoms with Gasteiger partial charge in [-0.2, -0.15) is 0 Å². The van der Waals surface area contributed by atoms with E-state index < -0.39 is 0 Å². The number of halogens is 2. The van der Waals surface area contributed by atoms with Gasteiger partial charge < -0.3 is 10.1 Å². The van der Waals surface area contributed by atoms with Gasteiger partial charge in [-0.15, -0.1) is 0 Å². The van der Waals surface area contributed by atoms with E-state index in [1.807, 2.05) is 27.0 Å². The SMILES string of the molecule is CNC(COC(C)C)Cc1cccc(F)c1Cl. The van der Waals surface area contributed by atoms with Crippen LogP contribution in [-0.4, -0.2) is 25.8 Å². The Morgan fingerprint density at radius 2 is 2.12 bits per heavy atom. The molecule has 1 atom stereocenters. The van der Waals surface area contributed by atoms with Crippen LogP contribution in [0.25, 0.3) is 0 Å². The molecule has 0 fully saturated rings. The van der Waals surface area contributed by atoms with Crippen LogP contribution < -0.4 is 5.32 Å². The number of nitrogens with one attached hydrogen (secondary N) is 1. The molecule has 0 aliphatic rings. The summed E-state index contributed by atoms with van der Waals surface area (Å²) in [7, 11) is 1.86. The Labute approximate surface area is 107 Å². The van der Waals surface area contributed by atoms with Crippen LogP contribution in [0.5, 0.6) is 0 Å². The summed E-state index contributed by atoms with van der Waals surface area (Å²) in [6.45, 7) is 4.56. The molecule has 0 saturated carbocycles. The highest BCUT2D eigenvalue weighted by molar-refractivity contribution is 6.31. The fraction of sp³-hybridized carbons (Fsp3) is 0.538. The summed E-state index contributed by atoms with van der Waals surface area (Å²) >= 11 is 5.91. The van der Waals surface area contributed by atoms with Crippen molar-refractivity contribution in [1.29, 1.82) is 0 Å². The number of ether oxygens (including phenoxy) is 1. The van der Waals surface area contributed by atoms with Crippen LogP contribution in [0, 0.1) is 5.82 Å². The van der Waals surface area contributed by atoms with Gasteiger partial charge in [0, 0.05) is 6.04 Å². The summed E-state index contributed by atoms with van der Waals surface area (Å²) in [5.41, 5.74) is 0.804. The smallest absolute Gasteiger partial charge is 0.142 e. The van der Waals surface area contributed by atoms with Gasteiger partial charge >= 0.3 is 0 Å². The highest BCUT2D eigenvalue weighted by Gasteiger charge is 2.12. The molecule has 1 rings (SSSR count). The summed E-state index contributed by atoms with van der Waals surface area (Å²) in [6, 6.07) is 5.01. The van der Waals surface area contributed by atoms with Gasteiger partial charge in [0.1, 0.15) is 5.82 Å². The average molecular weight is 260 g/mol. The minimum Gasteiger partial charge on any atom is -0.377 e. The molecule has 96 valence electrons. The first kappa shape index (κ1) is 14.4. The monoisotopic (exact) mass is 259 g/mol. The molecular formula is C13H19ClFNO. The van der Waals surface area contributed by atoms with Gasteiger partial charge in [0.25, 0.3) is 0 Å². The van der Waals surface area contributed by atoms with Gasteiger partial charge in [0.15, 0.2) is 0 Å². The van der Waals surface area contributed by atoms with Crippen molar-refractivity contribution in [3.63, 3.8) is 0 Å². The fourth-order valence-electron chi connectivity index (χ4n) is 1.52. The minimum absolute atomic E-state index is 0.136. The standard InChI is InChI=1S/C13H19ClFNO/c1-9(2)17-8-11(16-3)7-10-5-4-6-12(15)13(10)14/h4-6,9,11,16H,7-8H2,1-3H3. The van der Waals surface area contributed by atoms with Crippen molar-refractivity contribution in [3.8, 4) is 0 Å². The predicted octanol–water partition coefficient (Wildman–Crippen LogP) is 3.03. The molecule has 0 spiro atoms. The van der Waals surface area contributed by atoms with Gasteiger partial charge in [-0.3, -0.25) is 0 Å². The molecule has 1 N–H and O–H groups in total. The maximum atomic E-state index is 13.3. The Kier molecular flexibility index (Phi) is 5.89. The van der Waals surface area contributed by atoms with E-state index in [4.69, 9.17) is 16.3 Å². The molecule has 0 aliphatic carbocycles. The first-order valence-corrected chi connectivity index (χ1v) is 6.14. The number of rotatable bonds is 6. The van der Waals surface area contributed by atoms with E-state index in [0.29, 0.717) is 13.0 Å². The molecule has 0 aromatic heterocycles. The van der Waals surface area contributed by atoms with E-state index in [-0.39, 0.29) is 23.0 Å². The van der Waals surface area contributed by atoms with Crippen LogP contribution in [0.4, 0.5) is 4.39 Å². The number of likely N-dealkylation sites (N-methyl/N-ethyl adjacent to an activating group) is 1. The maximum Gasteiger partial charge on any atom is 0.142 e. The second-order valence-electron chi connectivity index (χ2n) is 4.28. The first-order valence-electron chi connectivity index (χ1n) is 5.76. The molecule has 1 aromatic carbocycles. The molecule has 0 aliphatic heterocycles. The Morgan fingerprint density at radius 1 is 1.41 bits per heavy atom. The van der Waals surface area contributed by atoms with Crippen LogP contribution in [-0.2, 0) is 11.2 Å². The summed E-state index contributed by atoms with van der Waals surface area (Å²) in [6.07, 6.45) is 0.841. The summed E-state index contributed by atoms with van der Waals surface area (Å²) in [4.78, 5) is 0. The lowest BCUT2D eigenvalue weighted by atomic mass is 10.1. The number of hydrogen-bond acceptors (Lipinski definition) is 2. The normalized spacial score (nSPS) is 13.1. The summed E-state index contributed by atoms with van der Waals surface area (Å²) in [5.74, 6) is -0.371. The lowest BCUT2D eigenvalue weighted by Gasteiger charge is -2.18. The molecule has 0 radical (unpaired) electrons. The van der Waals surface area contributed by atoms with Crippen molar-refractivity contribution in [2.75, 3.05) is 13.7 Å². The zero-order chi connectivity index (χ0) is 12.8. The Hall–Kier alpha value is -0.640. The molecule has 2 nitrogen and oxygen atoms in total. The van der Waals surface area contributed by atoms with Crippen LogP contribution >= 0.6 is 11.6 Å². The molecule has 1 unspecified atom stereocenters. The molecule has 4 heteroatoms. The lowest BCUT2D eigenvalue weighted by Crippen LogP contribution is -2.33. The minimum atomic E-state index is -0.371. The van der Waals surface area contributed by atoms with Crippen molar-refractivity contribution in [2.45, 2.75) is 32.4 Å². The lowest BCUT2D eigenvalue weighted by molar-refractivity contribution is 0.0627. The zero-order valence-electron chi connectivity index (χ0n) is 10.5. The Balaban J connectivity index is 2.64. The third-order valence-corrected chi connectivity index (χ3v) is 2.96. The Morgan fingerprint density at radius 3 is 2.71 bits per heavy atom. The molecule has 17 heavy (non-hydrogen) atoms. The van der Waals surface area contributed by atoms with E-state index in [0.717, 1.165) is 5.56 Å². The zero-order valence-corrected chi connectivity index (χ0v) is 11.2. The maximum absolute atomic E-state index is 13.3. The summed E-state index contributed by atoms with van der Waals surface area (Å²) < 4.78 is 18.8. The van der Waals surface area contributed by atoms with Gasteiger partial charge in [-0.25, -0.2) is 4.39 Å². The van der Waals surface area contributed by atoms with Crippen LogP contribution in [0.3, 0.4) is 0 Å². The molecular weight excluding hydrogens is 241 g/mol. The number of hydrogen-bond donors (Lipinski definition) is 1. The molecule has 0 saturated heterocycles.